The quantitative estimate of drug-likeness (QED) is 0.480. The van der Waals surface area contributed by atoms with Crippen LogP contribution in [0.3, 0.4) is 0 Å². The smallest absolute Gasteiger partial charge is 0.326 e. The fourth-order valence-electron chi connectivity index (χ4n) is 5.43. The highest BCUT2D eigenvalue weighted by Gasteiger charge is 2.49. The molecule has 9 heteroatoms. The van der Waals surface area contributed by atoms with E-state index < -0.39 is 17.2 Å². The first-order valence-electron chi connectivity index (χ1n) is 12.2. The van der Waals surface area contributed by atoms with Crippen LogP contribution in [0.5, 0.6) is 0 Å². The number of hydrogen-bond donors (Lipinski definition) is 1. The molecule has 0 radical (unpaired) electrons. The monoisotopic (exact) mass is 514 g/mol. The second-order valence-corrected chi connectivity index (χ2v) is 10.4. The molecule has 1 aromatic rings. The van der Waals surface area contributed by atoms with E-state index in [1.165, 1.54) is 0 Å². The largest absolute Gasteiger partial charge is 0.479 e. The molecule has 4 aliphatic heterocycles. The highest BCUT2D eigenvalue weighted by molar-refractivity contribution is 6.07. The number of carbonyl (C=O) groups is 1. The number of ether oxygens (including phenoxy) is 2. The molecule has 1 aromatic carbocycles. The summed E-state index contributed by atoms with van der Waals surface area (Å²) in [6, 6.07) is 7.15. The van der Waals surface area contributed by atoms with E-state index in [4.69, 9.17) is 9.47 Å². The molecule has 4 aliphatic rings. The number of fused-ring (bicyclic) bond motifs is 3. The Hall–Kier alpha value is -4.38. The molecule has 1 atom stereocenters. The first-order valence-corrected chi connectivity index (χ1v) is 12.2. The minimum atomic E-state index is -1.81. The molecule has 1 N–H and O–H groups in total. The number of anilines is 1. The SMILES string of the molecule is CC[C@@]1(O)C(=C=O)OCC2=C1C=C1C3=C(CN1C2=C=O)N(CC(=O)OC(C)(C)C)c1ccccc1C3=C=O. The van der Waals surface area contributed by atoms with Gasteiger partial charge in [-0.15, -0.1) is 0 Å². The summed E-state index contributed by atoms with van der Waals surface area (Å²) in [4.78, 5) is 52.7. The van der Waals surface area contributed by atoms with Crippen LogP contribution in [0.25, 0.3) is 5.57 Å². The third-order valence-corrected chi connectivity index (χ3v) is 7.04. The minimum absolute atomic E-state index is 0.0855. The highest BCUT2D eigenvalue weighted by atomic mass is 16.6. The van der Waals surface area contributed by atoms with Gasteiger partial charge in [0.25, 0.3) is 0 Å². The Morgan fingerprint density at radius 3 is 2.53 bits per heavy atom. The van der Waals surface area contributed by atoms with E-state index in [1.807, 2.05) is 5.94 Å². The predicted octanol–water partition coefficient (Wildman–Crippen LogP) is 2.43. The second kappa shape index (κ2) is 8.88. The molecule has 194 valence electrons. The van der Waals surface area contributed by atoms with Crippen molar-refractivity contribution in [3.8, 4) is 0 Å². The Morgan fingerprint density at radius 1 is 1.16 bits per heavy atom. The van der Waals surface area contributed by atoms with E-state index in [0.717, 1.165) is 0 Å². The third-order valence-electron chi connectivity index (χ3n) is 7.04. The topological polar surface area (TPSA) is 113 Å². The van der Waals surface area contributed by atoms with Gasteiger partial charge in [-0.25, -0.2) is 14.4 Å². The first-order chi connectivity index (χ1) is 18.1. The molecule has 0 aliphatic carbocycles. The molecule has 0 fully saturated rings. The van der Waals surface area contributed by atoms with Crippen molar-refractivity contribution in [2.24, 2.45) is 0 Å². The lowest BCUT2D eigenvalue weighted by atomic mass is 9.79. The van der Waals surface area contributed by atoms with Crippen LogP contribution >= 0.6 is 0 Å². The lowest BCUT2D eigenvalue weighted by Crippen LogP contribution is -2.42. The number of rotatable bonds is 3. The molecule has 0 saturated carbocycles. The number of hydrogen-bond acceptors (Lipinski definition) is 9. The summed E-state index contributed by atoms with van der Waals surface area (Å²) in [5.74, 6) is 4.97. The van der Waals surface area contributed by atoms with Crippen molar-refractivity contribution >= 4 is 35.1 Å². The maximum Gasteiger partial charge on any atom is 0.326 e. The Balaban J connectivity index is 1.72. The number of nitrogens with zero attached hydrogens (tertiary/aromatic N) is 2. The van der Waals surface area contributed by atoms with Crippen molar-refractivity contribution in [3.05, 3.63) is 75.5 Å². The van der Waals surface area contributed by atoms with Crippen LogP contribution in [0, 0.1) is 0 Å². The standard InChI is InChI=1S/C29H26N2O7/c1-5-29(36)20-10-22-27-18(13-32)17-8-6-7-9-21(17)31(12-26(35)38-28(2,3)4)23(27)11-30(22)24(14-33)19(20)16-37-25(29)15-34/h6-10,36H,5,11-12,16H2,1-4H3/t29-/m0/s1. The Labute approximate surface area is 219 Å². The van der Waals surface area contributed by atoms with Crippen LogP contribution in [0.1, 0.15) is 39.7 Å². The fraction of sp³-hybridized carbons (Fsp3) is 0.345. The van der Waals surface area contributed by atoms with Gasteiger partial charge >= 0.3 is 5.97 Å². The summed E-state index contributed by atoms with van der Waals surface area (Å²) in [6.45, 7) is 6.91. The van der Waals surface area contributed by atoms with Gasteiger partial charge < -0.3 is 24.4 Å². The van der Waals surface area contributed by atoms with Crippen LogP contribution in [0.15, 0.2) is 69.9 Å². The summed E-state index contributed by atoms with van der Waals surface area (Å²) in [5.41, 5.74) is 1.30. The van der Waals surface area contributed by atoms with Crippen LogP contribution in [-0.2, 0) is 28.7 Å². The summed E-state index contributed by atoms with van der Waals surface area (Å²) < 4.78 is 11.1. The van der Waals surface area contributed by atoms with Gasteiger partial charge in [0.1, 0.15) is 30.4 Å². The van der Waals surface area contributed by atoms with Gasteiger partial charge in [0.05, 0.1) is 23.5 Å². The van der Waals surface area contributed by atoms with Crippen LogP contribution in [-0.4, -0.2) is 64.7 Å². The number of benzene rings is 1. The average molecular weight is 515 g/mol. The molecular formula is C29H26N2O7. The summed E-state index contributed by atoms with van der Waals surface area (Å²) >= 11 is 0. The van der Waals surface area contributed by atoms with Gasteiger partial charge in [-0.3, -0.25) is 4.79 Å². The average Bonchev–Trinajstić information content (AvgIpc) is 3.26. The van der Waals surface area contributed by atoms with Gasteiger partial charge in [0.2, 0.25) is 5.76 Å². The summed E-state index contributed by atoms with van der Waals surface area (Å²) in [7, 11) is 0. The lowest BCUT2D eigenvalue weighted by Gasteiger charge is -2.39. The number of carbonyl (C=O) groups excluding carboxylic acids is 4. The predicted molar refractivity (Wildman–Crippen MR) is 137 cm³/mol. The van der Waals surface area contributed by atoms with E-state index in [0.29, 0.717) is 39.4 Å². The molecule has 0 saturated heterocycles. The van der Waals surface area contributed by atoms with Crippen molar-refractivity contribution in [2.75, 3.05) is 24.6 Å². The molecule has 0 unspecified atom stereocenters. The van der Waals surface area contributed by atoms with Crippen LogP contribution in [0.4, 0.5) is 5.69 Å². The lowest BCUT2D eigenvalue weighted by molar-refractivity contribution is -0.152. The number of esters is 1. The molecule has 0 bridgehead atoms. The van der Waals surface area contributed by atoms with Gasteiger partial charge in [-0.1, -0.05) is 25.1 Å². The third kappa shape index (κ3) is 3.69. The summed E-state index contributed by atoms with van der Waals surface area (Å²) in [6.07, 6.45) is 1.75. The molecule has 0 spiro atoms. The minimum Gasteiger partial charge on any atom is -0.479 e. The van der Waals surface area contributed by atoms with Crippen LogP contribution in [0.2, 0.25) is 0 Å². The van der Waals surface area contributed by atoms with E-state index >= 15 is 0 Å². The summed E-state index contributed by atoms with van der Waals surface area (Å²) in [5, 5.41) is 11.5. The number of aliphatic hydroxyl groups is 1. The van der Waals surface area contributed by atoms with E-state index in [9.17, 15) is 24.3 Å². The molecule has 9 nitrogen and oxygen atoms in total. The highest BCUT2D eigenvalue weighted by Crippen LogP contribution is 2.52. The zero-order valence-corrected chi connectivity index (χ0v) is 21.5. The van der Waals surface area contributed by atoms with Crippen molar-refractivity contribution < 1.29 is 33.8 Å². The maximum atomic E-state index is 12.9. The van der Waals surface area contributed by atoms with E-state index in [-0.39, 0.29) is 43.1 Å². The molecule has 5 rings (SSSR count). The molecule has 4 heterocycles. The van der Waals surface area contributed by atoms with Gasteiger partial charge in [0.15, 0.2) is 17.5 Å². The van der Waals surface area contributed by atoms with Crippen molar-refractivity contribution in [1.29, 1.82) is 0 Å². The second-order valence-electron chi connectivity index (χ2n) is 10.4. The molecular weight excluding hydrogens is 488 g/mol. The molecule has 38 heavy (non-hydrogen) atoms. The maximum absolute atomic E-state index is 12.9. The number of allylic oxidation sites excluding steroid dienone is 1. The van der Waals surface area contributed by atoms with Crippen LogP contribution < -0.4 is 4.90 Å². The fourth-order valence-corrected chi connectivity index (χ4v) is 5.43. The van der Waals surface area contributed by atoms with Gasteiger partial charge in [-0.05, 0) is 39.3 Å². The first kappa shape index (κ1) is 25.3. The van der Waals surface area contributed by atoms with Gasteiger partial charge in [-0.2, -0.15) is 0 Å². The van der Waals surface area contributed by atoms with Gasteiger partial charge in [0, 0.05) is 28.0 Å². The Bertz CT molecular complexity index is 1520. The molecule has 0 amide bonds. The Morgan fingerprint density at radius 2 is 1.89 bits per heavy atom. The Kier molecular flexibility index (Phi) is 5.90. The normalized spacial score (nSPS) is 21.9. The van der Waals surface area contributed by atoms with E-state index in [1.54, 1.807) is 73.8 Å². The van der Waals surface area contributed by atoms with Crippen molar-refractivity contribution in [3.63, 3.8) is 0 Å². The van der Waals surface area contributed by atoms with Crippen molar-refractivity contribution in [1.82, 2.24) is 4.90 Å². The number of para-hydroxylation sites is 1. The molecule has 0 aromatic heterocycles. The zero-order chi connectivity index (χ0) is 27.4. The van der Waals surface area contributed by atoms with E-state index in [2.05, 4.69) is 5.94 Å². The van der Waals surface area contributed by atoms with Crippen molar-refractivity contribution in [2.45, 2.75) is 45.3 Å². The zero-order valence-electron chi connectivity index (χ0n) is 21.5.